The molecule has 1 atom stereocenters. The topological polar surface area (TPSA) is 29.1 Å². The summed E-state index contributed by atoms with van der Waals surface area (Å²) in [6.45, 7) is 2.47. The van der Waals surface area contributed by atoms with E-state index in [4.69, 9.17) is 11.6 Å². The quantitative estimate of drug-likeness (QED) is 0.768. The van der Waals surface area contributed by atoms with Crippen LogP contribution in [0.2, 0.25) is 0 Å². The zero-order valence-corrected chi connectivity index (χ0v) is 9.63. The van der Waals surface area contributed by atoms with E-state index in [1.165, 1.54) is 0 Å². The molecule has 0 heterocycles. The van der Waals surface area contributed by atoms with E-state index in [1.54, 1.807) is 0 Å². The Balaban J connectivity index is 2.37. The molecule has 0 fully saturated rings. The van der Waals surface area contributed by atoms with Crippen LogP contribution in [-0.4, -0.2) is 12.5 Å². The molecule has 2 nitrogen and oxygen atoms in total. The zero-order chi connectivity index (χ0) is 11.1. The van der Waals surface area contributed by atoms with Crippen molar-refractivity contribution in [2.24, 2.45) is 0 Å². The number of rotatable bonds is 5. The molecule has 1 rings (SSSR count). The minimum Gasteiger partial charge on any atom is -0.354 e. The summed E-state index contributed by atoms with van der Waals surface area (Å²) in [6.07, 6.45) is 1.43. The Hall–Kier alpha value is -1.02. The fourth-order valence-electron chi connectivity index (χ4n) is 1.30. The average Bonchev–Trinajstić information content (AvgIpc) is 2.27. The van der Waals surface area contributed by atoms with Gasteiger partial charge in [0, 0.05) is 13.0 Å². The molecule has 15 heavy (non-hydrogen) atoms. The maximum Gasteiger partial charge on any atom is 0.220 e. The van der Waals surface area contributed by atoms with Crippen LogP contribution in [0, 0.1) is 0 Å². The number of halogens is 1. The maximum absolute atomic E-state index is 11.2. The summed E-state index contributed by atoms with van der Waals surface area (Å²) < 4.78 is 0. The first-order chi connectivity index (χ1) is 7.24. The predicted octanol–water partition coefficient (Wildman–Crippen LogP) is 2.88. The van der Waals surface area contributed by atoms with Crippen LogP contribution in [0.25, 0.3) is 0 Å². The van der Waals surface area contributed by atoms with Crippen LogP contribution in [0.3, 0.4) is 0 Å². The van der Waals surface area contributed by atoms with Gasteiger partial charge >= 0.3 is 0 Å². The van der Waals surface area contributed by atoms with Crippen molar-refractivity contribution in [2.75, 3.05) is 6.54 Å². The van der Waals surface area contributed by atoms with Crippen molar-refractivity contribution in [1.82, 2.24) is 5.32 Å². The van der Waals surface area contributed by atoms with Gasteiger partial charge in [0.15, 0.2) is 0 Å². The summed E-state index contributed by atoms with van der Waals surface area (Å²) in [5, 5.41) is 2.66. The minimum atomic E-state index is -0.146. The van der Waals surface area contributed by atoms with E-state index < -0.39 is 0 Å². The Morgan fingerprint density at radius 2 is 2.07 bits per heavy atom. The smallest absolute Gasteiger partial charge is 0.220 e. The van der Waals surface area contributed by atoms with E-state index >= 15 is 0 Å². The molecule has 0 aliphatic carbocycles. The second kappa shape index (κ2) is 6.46. The molecule has 0 aromatic heterocycles. The lowest BCUT2D eigenvalue weighted by Gasteiger charge is -2.10. The highest BCUT2D eigenvalue weighted by atomic mass is 35.5. The van der Waals surface area contributed by atoms with Crippen molar-refractivity contribution in [3.63, 3.8) is 0 Å². The van der Waals surface area contributed by atoms with Gasteiger partial charge in [-0.3, -0.25) is 4.79 Å². The van der Waals surface area contributed by atoms with E-state index in [-0.39, 0.29) is 11.3 Å². The summed E-state index contributed by atoms with van der Waals surface area (Å²) in [5.74, 6) is 0.0686. The molecule has 1 N–H and O–H groups in total. The number of hydrogen-bond donors (Lipinski definition) is 1. The lowest BCUT2D eigenvalue weighted by molar-refractivity contribution is -0.121. The third kappa shape index (κ3) is 4.34. The Morgan fingerprint density at radius 3 is 2.67 bits per heavy atom. The van der Waals surface area contributed by atoms with Gasteiger partial charge in [-0.15, -0.1) is 11.6 Å². The predicted molar refractivity (Wildman–Crippen MR) is 63.0 cm³/mol. The first-order valence-corrected chi connectivity index (χ1v) is 5.63. The first-order valence-electron chi connectivity index (χ1n) is 5.19. The monoisotopic (exact) mass is 225 g/mol. The van der Waals surface area contributed by atoms with Crippen molar-refractivity contribution in [3.05, 3.63) is 35.9 Å². The van der Waals surface area contributed by atoms with Crippen molar-refractivity contribution < 1.29 is 4.79 Å². The third-order valence-electron chi connectivity index (χ3n) is 2.12. The summed E-state index contributed by atoms with van der Waals surface area (Å²) in [6, 6.07) is 9.76. The molecule has 0 radical (unpaired) electrons. The molecule has 0 aliphatic heterocycles. The lowest BCUT2D eigenvalue weighted by atomic mass is 10.1. The highest BCUT2D eigenvalue weighted by molar-refractivity contribution is 6.21. The SMILES string of the molecule is CCCC(=O)NCC(Cl)c1ccccc1. The second-order valence-electron chi connectivity index (χ2n) is 3.43. The molecular formula is C12H16ClNO. The molecule has 0 aliphatic rings. The molecule has 0 bridgehead atoms. The van der Waals surface area contributed by atoms with Crippen LogP contribution < -0.4 is 5.32 Å². The van der Waals surface area contributed by atoms with Gasteiger partial charge in [0.25, 0.3) is 0 Å². The number of carbonyl (C=O) groups excluding carboxylic acids is 1. The average molecular weight is 226 g/mol. The minimum absolute atomic E-state index is 0.0686. The number of benzene rings is 1. The van der Waals surface area contributed by atoms with Crippen LogP contribution in [-0.2, 0) is 4.79 Å². The number of hydrogen-bond acceptors (Lipinski definition) is 1. The number of alkyl halides is 1. The number of amides is 1. The van der Waals surface area contributed by atoms with Crippen LogP contribution in [0.4, 0.5) is 0 Å². The first kappa shape index (κ1) is 12.1. The van der Waals surface area contributed by atoms with Crippen molar-refractivity contribution in [3.8, 4) is 0 Å². The Morgan fingerprint density at radius 1 is 1.40 bits per heavy atom. The van der Waals surface area contributed by atoms with Gasteiger partial charge in [0.2, 0.25) is 5.91 Å². The zero-order valence-electron chi connectivity index (χ0n) is 8.87. The standard InChI is InChI=1S/C12H16ClNO/c1-2-6-12(15)14-9-11(13)10-7-4-3-5-8-10/h3-5,7-8,11H,2,6,9H2,1H3,(H,14,15). The molecule has 1 aromatic rings. The van der Waals surface area contributed by atoms with Crippen molar-refractivity contribution >= 4 is 17.5 Å². The highest BCUT2D eigenvalue weighted by Crippen LogP contribution is 2.18. The van der Waals surface area contributed by atoms with Crippen molar-refractivity contribution in [2.45, 2.75) is 25.1 Å². The fraction of sp³-hybridized carbons (Fsp3) is 0.417. The van der Waals surface area contributed by atoms with E-state index in [1.807, 2.05) is 37.3 Å². The molecule has 1 aromatic carbocycles. The van der Waals surface area contributed by atoms with Crippen LogP contribution in [0.1, 0.15) is 30.7 Å². The van der Waals surface area contributed by atoms with Crippen LogP contribution in [0.5, 0.6) is 0 Å². The largest absolute Gasteiger partial charge is 0.354 e. The Bertz CT molecular complexity index is 300. The molecule has 82 valence electrons. The molecule has 1 unspecified atom stereocenters. The molecular weight excluding hydrogens is 210 g/mol. The van der Waals surface area contributed by atoms with Gasteiger partial charge < -0.3 is 5.32 Å². The number of carbonyl (C=O) groups is 1. The van der Waals surface area contributed by atoms with E-state index in [0.717, 1.165) is 12.0 Å². The Labute approximate surface area is 95.6 Å². The third-order valence-corrected chi connectivity index (χ3v) is 2.52. The molecule has 0 saturated carbocycles. The normalized spacial score (nSPS) is 12.1. The van der Waals surface area contributed by atoms with E-state index in [0.29, 0.717) is 13.0 Å². The second-order valence-corrected chi connectivity index (χ2v) is 3.96. The van der Waals surface area contributed by atoms with Gasteiger partial charge in [0.1, 0.15) is 0 Å². The molecule has 0 saturated heterocycles. The van der Waals surface area contributed by atoms with Crippen LogP contribution in [0.15, 0.2) is 30.3 Å². The van der Waals surface area contributed by atoms with Gasteiger partial charge in [-0.2, -0.15) is 0 Å². The van der Waals surface area contributed by atoms with Gasteiger partial charge in [0.05, 0.1) is 5.38 Å². The maximum atomic E-state index is 11.2. The van der Waals surface area contributed by atoms with E-state index in [9.17, 15) is 4.79 Å². The fourth-order valence-corrected chi connectivity index (χ4v) is 1.52. The van der Waals surface area contributed by atoms with Crippen molar-refractivity contribution in [1.29, 1.82) is 0 Å². The van der Waals surface area contributed by atoms with Gasteiger partial charge in [-0.25, -0.2) is 0 Å². The summed E-state index contributed by atoms with van der Waals surface area (Å²) >= 11 is 6.14. The highest BCUT2D eigenvalue weighted by Gasteiger charge is 2.08. The summed E-state index contributed by atoms with van der Waals surface area (Å²) in [5.41, 5.74) is 1.04. The van der Waals surface area contributed by atoms with E-state index in [2.05, 4.69) is 5.32 Å². The molecule has 1 amide bonds. The Kier molecular flexibility index (Phi) is 5.19. The molecule has 0 spiro atoms. The van der Waals surface area contributed by atoms with Gasteiger partial charge in [-0.05, 0) is 12.0 Å². The van der Waals surface area contributed by atoms with Crippen LogP contribution >= 0.6 is 11.6 Å². The molecule has 3 heteroatoms. The summed E-state index contributed by atoms with van der Waals surface area (Å²) in [4.78, 5) is 11.2. The lowest BCUT2D eigenvalue weighted by Crippen LogP contribution is -2.26. The summed E-state index contributed by atoms with van der Waals surface area (Å²) in [7, 11) is 0. The van der Waals surface area contributed by atoms with Gasteiger partial charge in [-0.1, -0.05) is 37.3 Å². The number of nitrogens with one attached hydrogen (secondary N) is 1.